The Hall–Kier alpha value is -1.20. The lowest BCUT2D eigenvalue weighted by Gasteiger charge is -2.46. The number of thiophene rings is 1. The van der Waals surface area contributed by atoms with Crippen LogP contribution in [0, 0.1) is 0 Å². The van der Waals surface area contributed by atoms with Gasteiger partial charge in [-0.15, -0.1) is 11.3 Å². The summed E-state index contributed by atoms with van der Waals surface area (Å²) >= 11 is 1.62. The van der Waals surface area contributed by atoms with E-state index in [1.165, 1.54) is 0 Å². The third-order valence-electron chi connectivity index (χ3n) is 3.17. The van der Waals surface area contributed by atoms with Crippen LogP contribution in [0.2, 0.25) is 0 Å². The second kappa shape index (κ2) is 3.40. The summed E-state index contributed by atoms with van der Waals surface area (Å²) in [7, 11) is 0. The van der Waals surface area contributed by atoms with Crippen molar-refractivity contribution in [2.45, 2.75) is 18.9 Å². The molecular formula is C11H13N3OS. The second-order valence-electron chi connectivity index (χ2n) is 4.27. The maximum absolute atomic E-state index is 9.99. The molecule has 16 heavy (non-hydrogen) atoms. The number of hydrogen-bond acceptors (Lipinski definition) is 5. The van der Waals surface area contributed by atoms with Crippen molar-refractivity contribution in [2.24, 2.45) is 0 Å². The highest BCUT2D eigenvalue weighted by Crippen LogP contribution is 2.33. The van der Waals surface area contributed by atoms with Crippen LogP contribution in [-0.2, 0) is 0 Å². The Morgan fingerprint density at radius 2 is 2.31 bits per heavy atom. The maximum Gasteiger partial charge on any atom is 0.140 e. The monoisotopic (exact) mass is 235 g/mol. The minimum Gasteiger partial charge on any atom is -0.386 e. The Kier molecular flexibility index (Phi) is 2.12. The molecule has 0 amide bonds. The standard InChI is InChI=1S/C11H13N3OS/c1-2-11(15)5-14(6-11)9-8-3-4-16-10(8)13-7-12-9/h3-4,7,15H,2,5-6H2,1H3. The lowest BCUT2D eigenvalue weighted by atomic mass is 9.91. The molecule has 0 bridgehead atoms. The normalized spacial score (nSPS) is 18.8. The minimum absolute atomic E-state index is 0.521. The van der Waals surface area contributed by atoms with Gasteiger partial charge in [0, 0.05) is 13.1 Å². The van der Waals surface area contributed by atoms with Crippen LogP contribution in [-0.4, -0.2) is 33.8 Å². The van der Waals surface area contributed by atoms with Gasteiger partial charge in [0.15, 0.2) is 0 Å². The Balaban J connectivity index is 1.94. The molecule has 0 spiro atoms. The van der Waals surface area contributed by atoms with Crippen molar-refractivity contribution in [1.29, 1.82) is 0 Å². The molecule has 0 aromatic carbocycles. The quantitative estimate of drug-likeness (QED) is 0.860. The fourth-order valence-corrected chi connectivity index (χ4v) is 2.79. The topological polar surface area (TPSA) is 49.2 Å². The zero-order chi connectivity index (χ0) is 11.2. The molecule has 0 unspecified atom stereocenters. The molecule has 1 fully saturated rings. The van der Waals surface area contributed by atoms with Crippen LogP contribution in [0.4, 0.5) is 5.82 Å². The predicted octanol–water partition coefficient (Wildman–Crippen LogP) is 1.65. The van der Waals surface area contributed by atoms with Crippen LogP contribution < -0.4 is 4.90 Å². The van der Waals surface area contributed by atoms with E-state index in [9.17, 15) is 5.11 Å². The smallest absolute Gasteiger partial charge is 0.140 e. The number of aliphatic hydroxyl groups is 1. The molecule has 0 saturated carbocycles. The molecule has 2 aromatic rings. The van der Waals surface area contributed by atoms with E-state index in [2.05, 4.69) is 14.9 Å². The number of fused-ring (bicyclic) bond motifs is 1. The summed E-state index contributed by atoms with van der Waals surface area (Å²) in [5.74, 6) is 0.948. The van der Waals surface area contributed by atoms with Gasteiger partial charge in [0.05, 0.1) is 11.0 Å². The van der Waals surface area contributed by atoms with E-state index in [0.29, 0.717) is 13.1 Å². The van der Waals surface area contributed by atoms with Crippen molar-refractivity contribution in [2.75, 3.05) is 18.0 Å². The molecular weight excluding hydrogens is 222 g/mol. The summed E-state index contributed by atoms with van der Waals surface area (Å²) in [6.07, 6.45) is 2.39. The first-order chi connectivity index (χ1) is 7.72. The highest BCUT2D eigenvalue weighted by Gasteiger charge is 2.40. The summed E-state index contributed by atoms with van der Waals surface area (Å²) in [6, 6.07) is 2.04. The van der Waals surface area contributed by atoms with E-state index in [-0.39, 0.29) is 0 Å². The summed E-state index contributed by atoms with van der Waals surface area (Å²) in [4.78, 5) is 11.7. The molecule has 1 N–H and O–H groups in total. The summed E-state index contributed by atoms with van der Waals surface area (Å²) in [5, 5.41) is 13.1. The van der Waals surface area contributed by atoms with Crippen LogP contribution in [0.25, 0.3) is 10.2 Å². The van der Waals surface area contributed by atoms with E-state index in [1.54, 1.807) is 17.7 Å². The third-order valence-corrected chi connectivity index (χ3v) is 3.99. The SMILES string of the molecule is CCC1(O)CN(c2ncnc3sccc23)C1. The van der Waals surface area contributed by atoms with Crippen LogP contribution in [0.3, 0.4) is 0 Å². The van der Waals surface area contributed by atoms with Crippen LogP contribution in [0.1, 0.15) is 13.3 Å². The van der Waals surface area contributed by atoms with E-state index in [0.717, 1.165) is 22.5 Å². The first kappa shape index (κ1) is 9.99. The van der Waals surface area contributed by atoms with Crippen LogP contribution in [0.15, 0.2) is 17.8 Å². The van der Waals surface area contributed by atoms with Gasteiger partial charge in [-0.1, -0.05) is 6.92 Å². The molecule has 2 aromatic heterocycles. The second-order valence-corrected chi connectivity index (χ2v) is 5.17. The Bertz CT molecular complexity index is 519. The lowest BCUT2D eigenvalue weighted by molar-refractivity contribution is 0.00823. The minimum atomic E-state index is -0.521. The molecule has 1 aliphatic rings. The van der Waals surface area contributed by atoms with Gasteiger partial charge in [-0.2, -0.15) is 0 Å². The number of β-amino-alcohol motifs (C(OH)–C–C–N with tert-alkyl or cyclic N) is 1. The summed E-state index contributed by atoms with van der Waals surface area (Å²) in [6.45, 7) is 3.36. The fraction of sp³-hybridized carbons (Fsp3) is 0.455. The largest absolute Gasteiger partial charge is 0.386 e. The first-order valence-electron chi connectivity index (χ1n) is 5.37. The average Bonchev–Trinajstić information content (AvgIpc) is 2.72. The number of anilines is 1. The van der Waals surface area contributed by atoms with E-state index in [1.807, 2.05) is 18.4 Å². The molecule has 84 valence electrons. The summed E-state index contributed by atoms with van der Waals surface area (Å²) in [5.41, 5.74) is -0.521. The van der Waals surface area contributed by atoms with Crippen molar-refractivity contribution >= 4 is 27.4 Å². The Labute approximate surface area is 97.6 Å². The molecule has 5 heteroatoms. The molecule has 3 rings (SSSR count). The highest BCUT2D eigenvalue weighted by molar-refractivity contribution is 7.16. The zero-order valence-electron chi connectivity index (χ0n) is 9.05. The van der Waals surface area contributed by atoms with Gasteiger partial charge < -0.3 is 10.0 Å². The van der Waals surface area contributed by atoms with E-state index in [4.69, 9.17) is 0 Å². The molecule has 1 aliphatic heterocycles. The van der Waals surface area contributed by atoms with Gasteiger partial charge in [0.25, 0.3) is 0 Å². The van der Waals surface area contributed by atoms with Gasteiger partial charge in [0.1, 0.15) is 17.0 Å². The molecule has 3 heterocycles. The lowest BCUT2D eigenvalue weighted by Crippen LogP contribution is -2.61. The van der Waals surface area contributed by atoms with Gasteiger partial charge in [0.2, 0.25) is 0 Å². The van der Waals surface area contributed by atoms with E-state index >= 15 is 0 Å². The number of nitrogens with zero attached hydrogens (tertiary/aromatic N) is 3. The Morgan fingerprint density at radius 1 is 1.50 bits per heavy atom. The van der Waals surface area contributed by atoms with E-state index < -0.39 is 5.60 Å². The van der Waals surface area contributed by atoms with Crippen molar-refractivity contribution in [3.8, 4) is 0 Å². The first-order valence-corrected chi connectivity index (χ1v) is 6.25. The predicted molar refractivity (Wildman–Crippen MR) is 64.9 cm³/mol. The Morgan fingerprint density at radius 3 is 3.06 bits per heavy atom. The van der Waals surface area contributed by atoms with Crippen LogP contribution >= 0.6 is 11.3 Å². The van der Waals surface area contributed by atoms with Gasteiger partial charge >= 0.3 is 0 Å². The number of aromatic nitrogens is 2. The molecule has 0 aliphatic carbocycles. The zero-order valence-corrected chi connectivity index (χ0v) is 9.87. The number of rotatable bonds is 2. The fourth-order valence-electron chi connectivity index (χ4n) is 2.07. The van der Waals surface area contributed by atoms with Crippen molar-refractivity contribution < 1.29 is 5.11 Å². The van der Waals surface area contributed by atoms with Gasteiger partial charge in [-0.25, -0.2) is 9.97 Å². The van der Waals surface area contributed by atoms with Crippen molar-refractivity contribution in [3.63, 3.8) is 0 Å². The maximum atomic E-state index is 9.99. The molecule has 4 nitrogen and oxygen atoms in total. The average molecular weight is 235 g/mol. The number of hydrogen-bond donors (Lipinski definition) is 1. The summed E-state index contributed by atoms with van der Waals surface area (Å²) < 4.78 is 0. The van der Waals surface area contributed by atoms with Crippen molar-refractivity contribution in [3.05, 3.63) is 17.8 Å². The molecule has 1 saturated heterocycles. The highest BCUT2D eigenvalue weighted by atomic mass is 32.1. The molecule has 0 radical (unpaired) electrons. The molecule has 0 atom stereocenters. The van der Waals surface area contributed by atoms with Crippen molar-refractivity contribution in [1.82, 2.24) is 9.97 Å². The van der Waals surface area contributed by atoms with Gasteiger partial charge in [-0.3, -0.25) is 0 Å². The third kappa shape index (κ3) is 1.39. The van der Waals surface area contributed by atoms with Crippen LogP contribution in [0.5, 0.6) is 0 Å². The van der Waals surface area contributed by atoms with Gasteiger partial charge in [-0.05, 0) is 17.9 Å².